The van der Waals surface area contributed by atoms with Crippen molar-refractivity contribution in [2.75, 3.05) is 25.4 Å². The second-order valence-electron chi connectivity index (χ2n) is 11.4. The van der Waals surface area contributed by atoms with Crippen LogP contribution in [0, 0.1) is 0 Å². The van der Waals surface area contributed by atoms with Crippen molar-refractivity contribution in [3.05, 3.63) is 18.6 Å². The molecule has 2 aromatic rings. The van der Waals surface area contributed by atoms with E-state index in [1.165, 1.54) is 6.33 Å². The van der Waals surface area contributed by atoms with Crippen molar-refractivity contribution in [3.63, 3.8) is 0 Å². The Morgan fingerprint density at radius 3 is 2.57 bits per heavy atom. The van der Waals surface area contributed by atoms with Gasteiger partial charge in [0.05, 0.1) is 11.5 Å². The molecule has 204 valence electrons. The molecule has 0 radical (unpaired) electrons. The molecule has 3 aliphatic heterocycles. The van der Waals surface area contributed by atoms with Gasteiger partial charge in [-0.25, -0.2) is 14.8 Å². The molecule has 3 fully saturated rings. The fourth-order valence-corrected chi connectivity index (χ4v) is 6.13. The number of carbonyl (C=O) groups is 1. The van der Waals surface area contributed by atoms with E-state index < -0.39 is 29.5 Å². The normalized spacial score (nSPS) is 26.9. The van der Waals surface area contributed by atoms with Crippen molar-refractivity contribution in [3.8, 4) is 0 Å². The van der Waals surface area contributed by atoms with Crippen LogP contribution in [0.2, 0.25) is 0 Å². The number of likely N-dealkylation sites (tertiary alicyclic amines) is 2. The van der Waals surface area contributed by atoms with E-state index in [0.29, 0.717) is 56.7 Å². The fraction of sp³-hybridized carbons (Fsp3) is 0.720. The number of carbonyl (C=O) groups excluding carboxylic acids is 1. The number of halogens is 3. The molecule has 3 aliphatic rings. The first-order valence-corrected chi connectivity index (χ1v) is 12.9. The van der Waals surface area contributed by atoms with Gasteiger partial charge in [0.25, 0.3) is 0 Å². The Morgan fingerprint density at radius 1 is 1.16 bits per heavy atom. The summed E-state index contributed by atoms with van der Waals surface area (Å²) in [5.74, 6) is 0.378. The molecule has 3 atom stereocenters. The monoisotopic (exact) mass is 524 g/mol. The van der Waals surface area contributed by atoms with Crippen LogP contribution in [-0.2, 0) is 9.47 Å². The highest BCUT2D eigenvalue weighted by atomic mass is 19.4. The van der Waals surface area contributed by atoms with Crippen molar-refractivity contribution in [1.29, 1.82) is 0 Å². The second-order valence-corrected chi connectivity index (χ2v) is 11.4. The first-order chi connectivity index (χ1) is 17.4. The lowest BCUT2D eigenvalue weighted by Crippen LogP contribution is -2.59. The molecule has 9 nitrogen and oxygen atoms in total. The molecule has 2 N–H and O–H groups in total. The number of nitrogens with zero attached hydrogens (tertiary/aromatic N) is 5. The van der Waals surface area contributed by atoms with Gasteiger partial charge in [0, 0.05) is 31.4 Å². The van der Waals surface area contributed by atoms with E-state index in [2.05, 4.69) is 9.97 Å². The van der Waals surface area contributed by atoms with Gasteiger partial charge in [-0.3, -0.25) is 4.90 Å². The summed E-state index contributed by atoms with van der Waals surface area (Å²) in [7, 11) is 0. The minimum Gasteiger partial charge on any atom is -0.444 e. The molecule has 1 spiro atoms. The summed E-state index contributed by atoms with van der Waals surface area (Å²) in [6.07, 6.45) is 0.614. The molecular weight excluding hydrogens is 489 g/mol. The molecule has 12 heteroatoms. The number of rotatable bonds is 3. The number of ether oxygens (including phenoxy) is 2. The van der Waals surface area contributed by atoms with Crippen LogP contribution < -0.4 is 5.73 Å². The Labute approximate surface area is 214 Å². The van der Waals surface area contributed by atoms with E-state index in [-0.39, 0.29) is 25.3 Å². The Kier molecular flexibility index (Phi) is 6.54. The first kappa shape index (κ1) is 26.0. The van der Waals surface area contributed by atoms with Crippen LogP contribution in [0.15, 0.2) is 18.6 Å². The quantitative estimate of drug-likeness (QED) is 0.632. The number of nitrogen functional groups attached to an aromatic ring is 1. The lowest BCUT2D eigenvalue weighted by atomic mass is 9.85. The van der Waals surface area contributed by atoms with Crippen molar-refractivity contribution in [1.82, 2.24) is 24.3 Å². The van der Waals surface area contributed by atoms with Gasteiger partial charge < -0.3 is 24.7 Å². The zero-order valence-corrected chi connectivity index (χ0v) is 21.5. The number of hydrogen-bond donors (Lipinski definition) is 1. The number of fused-ring (bicyclic) bond motifs is 1. The van der Waals surface area contributed by atoms with E-state index in [1.807, 2.05) is 16.8 Å². The summed E-state index contributed by atoms with van der Waals surface area (Å²) in [5.41, 5.74) is 5.37. The summed E-state index contributed by atoms with van der Waals surface area (Å²) in [6.45, 7) is 6.35. The fourth-order valence-electron chi connectivity index (χ4n) is 6.13. The van der Waals surface area contributed by atoms with Gasteiger partial charge in [-0.15, -0.1) is 0 Å². The summed E-state index contributed by atoms with van der Waals surface area (Å²) in [6, 6.07) is 0.317. The van der Waals surface area contributed by atoms with Crippen LogP contribution in [0.3, 0.4) is 0 Å². The molecule has 3 saturated heterocycles. The average molecular weight is 525 g/mol. The van der Waals surface area contributed by atoms with E-state index >= 15 is 0 Å². The third-order valence-electron chi connectivity index (χ3n) is 7.93. The highest BCUT2D eigenvalue weighted by molar-refractivity contribution is 5.86. The minimum atomic E-state index is -4.32. The SMILES string of the molecule is CC(C)(C)OC(=O)N1CCC2(CCC(C(F)(F)F)N2C[C@@H]2CC[C@H](n3ccc4c(N)ncnc43)O2)CC1. The van der Waals surface area contributed by atoms with Crippen LogP contribution >= 0.6 is 0 Å². The molecular formula is C25H35F3N6O3. The van der Waals surface area contributed by atoms with Gasteiger partial charge in [0.15, 0.2) is 0 Å². The third-order valence-corrected chi connectivity index (χ3v) is 7.93. The number of hydrogen-bond acceptors (Lipinski definition) is 7. The van der Waals surface area contributed by atoms with Crippen LogP contribution in [0.4, 0.5) is 23.8 Å². The maximum absolute atomic E-state index is 14.1. The number of piperidine rings is 1. The van der Waals surface area contributed by atoms with Gasteiger partial charge >= 0.3 is 12.3 Å². The number of amides is 1. The maximum Gasteiger partial charge on any atom is 0.410 e. The molecule has 37 heavy (non-hydrogen) atoms. The largest absolute Gasteiger partial charge is 0.444 e. The van der Waals surface area contributed by atoms with Crippen LogP contribution in [-0.4, -0.2) is 79.5 Å². The predicted molar refractivity (Wildman–Crippen MR) is 131 cm³/mol. The molecule has 0 aromatic carbocycles. The van der Waals surface area contributed by atoms with Crippen LogP contribution in [0.25, 0.3) is 11.0 Å². The maximum atomic E-state index is 14.1. The van der Waals surface area contributed by atoms with Crippen LogP contribution in [0.1, 0.15) is 65.5 Å². The number of alkyl halides is 3. The van der Waals surface area contributed by atoms with Crippen LogP contribution in [0.5, 0.6) is 0 Å². The van der Waals surface area contributed by atoms with Crippen molar-refractivity contribution in [2.45, 2.75) is 95.0 Å². The zero-order valence-electron chi connectivity index (χ0n) is 21.5. The molecule has 1 unspecified atom stereocenters. The average Bonchev–Trinajstić information content (AvgIpc) is 3.52. The minimum absolute atomic E-state index is 0.0600. The van der Waals surface area contributed by atoms with E-state index in [4.69, 9.17) is 15.2 Å². The summed E-state index contributed by atoms with van der Waals surface area (Å²) < 4.78 is 56.0. The number of nitrogens with two attached hydrogens (primary N) is 1. The molecule has 0 saturated carbocycles. The van der Waals surface area contributed by atoms with Crippen molar-refractivity contribution < 1.29 is 27.4 Å². The smallest absolute Gasteiger partial charge is 0.410 e. The van der Waals surface area contributed by atoms with Crippen molar-refractivity contribution >= 4 is 22.9 Å². The first-order valence-electron chi connectivity index (χ1n) is 12.9. The van der Waals surface area contributed by atoms with E-state index in [1.54, 1.807) is 30.6 Å². The summed E-state index contributed by atoms with van der Waals surface area (Å²) >= 11 is 0. The number of anilines is 1. The van der Waals surface area contributed by atoms with Gasteiger partial charge in [-0.1, -0.05) is 0 Å². The van der Waals surface area contributed by atoms with Crippen molar-refractivity contribution in [2.24, 2.45) is 0 Å². The predicted octanol–water partition coefficient (Wildman–Crippen LogP) is 4.49. The van der Waals surface area contributed by atoms with Gasteiger partial charge in [-0.2, -0.15) is 13.2 Å². The highest BCUT2D eigenvalue weighted by Gasteiger charge is 2.57. The Balaban J connectivity index is 1.29. The molecule has 5 rings (SSSR count). The standard InChI is InChI=1S/C25H35F3N6O3/c1-23(2,3)37-22(35)32-12-9-24(10-13-32)8-6-18(25(26,27)28)34(24)14-16-4-5-19(36-16)33-11-7-17-20(29)30-15-31-21(17)33/h7,11,15-16,18-19H,4-6,8-10,12-14H2,1-3H3,(H2,29,30,31)/t16-,18?,19+/m0/s1. The lowest BCUT2D eigenvalue weighted by Gasteiger charge is -2.47. The Bertz CT molecular complexity index is 1140. The summed E-state index contributed by atoms with van der Waals surface area (Å²) in [4.78, 5) is 24.1. The molecule has 0 bridgehead atoms. The Morgan fingerprint density at radius 2 is 1.89 bits per heavy atom. The topological polar surface area (TPSA) is 98.7 Å². The van der Waals surface area contributed by atoms with E-state index in [9.17, 15) is 18.0 Å². The van der Waals surface area contributed by atoms with Gasteiger partial charge in [-0.05, 0) is 65.4 Å². The van der Waals surface area contributed by atoms with E-state index in [0.717, 1.165) is 5.39 Å². The van der Waals surface area contributed by atoms with Gasteiger partial charge in [0.2, 0.25) is 0 Å². The number of aromatic nitrogens is 3. The second kappa shape index (κ2) is 9.30. The lowest BCUT2D eigenvalue weighted by molar-refractivity contribution is -0.192. The summed E-state index contributed by atoms with van der Waals surface area (Å²) in [5, 5.41) is 0.724. The van der Waals surface area contributed by atoms with Gasteiger partial charge in [0.1, 0.15) is 35.7 Å². The highest BCUT2D eigenvalue weighted by Crippen LogP contribution is 2.47. The molecule has 0 aliphatic carbocycles. The zero-order chi connectivity index (χ0) is 26.6. The molecule has 1 amide bonds. The third kappa shape index (κ3) is 5.09. The molecule has 2 aromatic heterocycles. The Hall–Kier alpha value is -2.60. The molecule has 5 heterocycles.